The summed E-state index contributed by atoms with van der Waals surface area (Å²) in [5.74, 6) is -4.22. The number of rotatable bonds is 7. The number of aliphatic carboxylic acids is 1. The molecule has 0 heterocycles. The average Bonchev–Trinajstić information content (AvgIpc) is 2.37. The molecule has 0 fully saturated rings. The fourth-order valence-electron chi connectivity index (χ4n) is 1.59. The standard InChI is InChI=1S/C12H13F4NO4S/c13-9-2-4-10(5-3-9)22(20,21)17-7-8(12(14,15)16)1-6-11(18)19/h2-5,8,17H,1,6-7H2,(H,18,19)/t8-/m1/s1. The van der Waals surface area contributed by atoms with Crippen LogP contribution in [0.3, 0.4) is 0 Å². The number of carbonyl (C=O) groups is 1. The van der Waals surface area contributed by atoms with Crippen LogP contribution in [0.15, 0.2) is 29.2 Å². The predicted molar refractivity (Wildman–Crippen MR) is 68.0 cm³/mol. The van der Waals surface area contributed by atoms with E-state index in [4.69, 9.17) is 5.11 Å². The maximum Gasteiger partial charge on any atom is 0.393 e. The Morgan fingerprint density at radius 3 is 2.23 bits per heavy atom. The number of hydrogen-bond acceptors (Lipinski definition) is 3. The molecule has 0 unspecified atom stereocenters. The van der Waals surface area contributed by atoms with Crippen LogP contribution >= 0.6 is 0 Å². The molecule has 0 bridgehead atoms. The molecule has 0 aliphatic heterocycles. The highest BCUT2D eigenvalue weighted by Gasteiger charge is 2.40. The van der Waals surface area contributed by atoms with E-state index in [1.165, 1.54) is 0 Å². The molecule has 22 heavy (non-hydrogen) atoms. The number of carboxylic acid groups (broad SMARTS) is 1. The van der Waals surface area contributed by atoms with E-state index in [-0.39, 0.29) is 4.90 Å². The highest BCUT2D eigenvalue weighted by molar-refractivity contribution is 7.89. The van der Waals surface area contributed by atoms with Crippen molar-refractivity contribution < 1.29 is 35.9 Å². The lowest BCUT2D eigenvalue weighted by Gasteiger charge is -2.20. The van der Waals surface area contributed by atoms with Crippen molar-refractivity contribution in [3.63, 3.8) is 0 Å². The average molecular weight is 343 g/mol. The summed E-state index contributed by atoms with van der Waals surface area (Å²) in [6.45, 7) is -0.990. The first-order valence-corrected chi connectivity index (χ1v) is 7.54. The molecule has 10 heteroatoms. The van der Waals surface area contributed by atoms with Gasteiger partial charge in [-0.15, -0.1) is 0 Å². The number of alkyl halides is 3. The second-order valence-corrected chi connectivity index (χ2v) is 6.24. The van der Waals surface area contributed by atoms with Gasteiger partial charge in [-0.25, -0.2) is 17.5 Å². The second kappa shape index (κ2) is 7.05. The normalized spacial score (nSPS) is 13.8. The third-order valence-corrected chi connectivity index (χ3v) is 4.25. The van der Waals surface area contributed by atoms with E-state index in [0.29, 0.717) is 0 Å². The van der Waals surface area contributed by atoms with Crippen LogP contribution in [0.5, 0.6) is 0 Å². The molecule has 1 aromatic rings. The van der Waals surface area contributed by atoms with Crippen LogP contribution in [-0.4, -0.2) is 32.2 Å². The lowest BCUT2D eigenvalue weighted by Crippen LogP contribution is -2.36. The molecule has 1 atom stereocenters. The molecule has 0 saturated carbocycles. The summed E-state index contributed by atoms with van der Waals surface area (Å²) in [4.78, 5) is 9.96. The Hall–Kier alpha value is -1.68. The van der Waals surface area contributed by atoms with Gasteiger partial charge in [0.2, 0.25) is 10.0 Å². The van der Waals surface area contributed by atoms with Gasteiger partial charge >= 0.3 is 12.1 Å². The van der Waals surface area contributed by atoms with Gasteiger partial charge in [-0.1, -0.05) is 0 Å². The molecule has 1 aromatic carbocycles. The Bertz CT molecular complexity index is 613. The zero-order valence-electron chi connectivity index (χ0n) is 11.1. The van der Waals surface area contributed by atoms with Crippen LogP contribution in [-0.2, 0) is 14.8 Å². The quantitative estimate of drug-likeness (QED) is 0.743. The van der Waals surface area contributed by atoms with E-state index in [2.05, 4.69) is 0 Å². The van der Waals surface area contributed by atoms with E-state index in [0.717, 1.165) is 24.3 Å². The van der Waals surface area contributed by atoms with Crippen molar-refractivity contribution in [2.45, 2.75) is 23.9 Å². The molecule has 0 aromatic heterocycles. The largest absolute Gasteiger partial charge is 0.481 e. The van der Waals surface area contributed by atoms with Gasteiger partial charge in [0, 0.05) is 13.0 Å². The van der Waals surface area contributed by atoms with E-state index < -0.39 is 53.3 Å². The number of halogens is 4. The topological polar surface area (TPSA) is 83.5 Å². The Kier molecular flexibility index (Phi) is 5.89. The summed E-state index contributed by atoms with van der Waals surface area (Å²) >= 11 is 0. The van der Waals surface area contributed by atoms with Gasteiger partial charge in [0.05, 0.1) is 10.8 Å². The molecule has 2 N–H and O–H groups in total. The first kappa shape index (κ1) is 18.4. The molecule has 0 aliphatic carbocycles. The van der Waals surface area contributed by atoms with Gasteiger partial charge in [-0.3, -0.25) is 4.79 Å². The highest BCUT2D eigenvalue weighted by Crippen LogP contribution is 2.29. The Labute approximate surface area is 124 Å². The molecule has 0 spiro atoms. The van der Waals surface area contributed by atoms with Crippen molar-refractivity contribution >= 4 is 16.0 Å². The molecule has 0 radical (unpaired) electrons. The molecule has 124 valence electrons. The minimum atomic E-state index is -4.74. The van der Waals surface area contributed by atoms with Gasteiger partial charge < -0.3 is 5.11 Å². The summed E-state index contributed by atoms with van der Waals surface area (Å²) in [5, 5.41) is 8.42. The Balaban J connectivity index is 2.78. The van der Waals surface area contributed by atoms with Crippen molar-refractivity contribution in [2.75, 3.05) is 6.54 Å². The van der Waals surface area contributed by atoms with Gasteiger partial charge in [0.25, 0.3) is 0 Å². The number of nitrogens with one attached hydrogen (secondary N) is 1. The summed E-state index contributed by atoms with van der Waals surface area (Å²) in [6.07, 6.45) is -6.21. The molecular formula is C12H13F4NO4S. The van der Waals surface area contributed by atoms with Crippen molar-refractivity contribution in [1.29, 1.82) is 0 Å². The smallest absolute Gasteiger partial charge is 0.393 e. The third kappa shape index (κ3) is 5.60. The molecule has 0 amide bonds. The molecule has 0 aliphatic rings. The summed E-state index contributed by atoms with van der Waals surface area (Å²) in [6, 6.07) is 3.55. The zero-order chi connectivity index (χ0) is 17.0. The number of benzene rings is 1. The van der Waals surface area contributed by atoms with Crippen LogP contribution in [0.1, 0.15) is 12.8 Å². The van der Waals surface area contributed by atoms with Crippen LogP contribution < -0.4 is 4.72 Å². The van der Waals surface area contributed by atoms with Crippen LogP contribution in [0, 0.1) is 11.7 Å². The van der Waals surface area contributed by atoms with Crippen LogP contribution in [0.2, 0.25) is 0 Å². The lowest BCUT2D eigenvalue weighted by molar-refractivity contribution is -0.175. The van der Waals surface area contributed by atoms with Crippen molar-refractivity contribution in [2.24, 2.45) is 5.92 Å². The molecule has 0 saturated heterocycles. The second-order valence-electron chi connectivity index (χ2n) is 4.48. The van der Waals surface area contributed by atoms with E-state index >= 15 is 0 Å². The Morgan fingerprint density at radius 1 is 1.23 bits per heavy atom. The minimum Gasteiger partial charge on any atom is -0.481 e. The van der Waals surface area contributed by atoms with Crippen molar-refractivity contribution in [3.8, 4) is 0 Å². The summed E-state index contributed by atoms with van der Waals surface area (Å²) in [5.41, 5.74) is 0. The highest BCUT2D eigenvalue weighted by atomic mass is 32.2. The maximum absolute atomic E-state index is 12.7. The molecule has 5 nitrogen and oxygen atoms in total. The van der Waals surface area contributed by atoms with Crippen molar-refractivity contribution in [1.82, 2.24) is 4.72 Å². The summed E-state index contributed by atoms with van der Waals surface area (Å²) < 4.78 is 76.2. The SMILES string of the molecule is O=C(O)CC[C@H](CNS(=O)(=O)c1ccc(F)cc1)C(F)(F)F. The first-order valence-electron chi connectivity index (χ1n) is 6.06. The van der Waals surface area contributed by atoms with Gasteiger partial charge in [-0.2, -0.15) is 13.2 Å². The molecule has 1 rings (SSSR count). The predicted octanol–water partition coefficient (Wildman–Crippen LogP) is 2.15. The van der Waals surface area contributed by atoms with E-state index in [1.807, 2.05) is 0 Å². The number of carboxylic acids is 1. The van der Waals surface area contributed by atoms with Gasteiger partial charge in [-0.05, 0) is 30.7 Å². The zero-order valence-corrected chi connectivity index (χ0v) is 11.9. The fraction of sp³-hybridized carbons (Fsp3) is 0.417. The lowest BCUT2D eigenvalue weighted by atomic mass is 10.0. The van der Waals surface area contributed by atoms with Crippen molar-refractivity contribution in [3.05, 3.63) is 30.1 Å². The number of hydrogen-bond donors (Lipinski definition) is 2. The third-order valence-electron chi connectivity index (χ3n) is 2.81. The summed E-state index contributed by atoms with van der Waals surface area (Å²) in [7, 11) is -4.24. The first-order chi connectivity index (χ1) is 10.0. The van der Waals surface area contributed by atoms with Gasteiger partial charge in [0.1, 0.15) is 5.82 Å². The minimum absolute atomic E-state index is 0.381. The monoisotopic (exact) mass is 343 g/mol. The van der Waals surface area contributed by atoms with E-state index in [9.17, 15) is 30.8 Å². The molecular weight excluding hydrogens is 330 g/mol. The fourth-order valence-corrected chi connectivity index (χ4v) is 2.67. The van der Waals surface area contributed by atoms with Crippen LogP contribution in [0.25, 0.3) is 0 Å². The Morgan fingerprint density at radius 2 is 1.77 bits per heavy atom. The van der Waals surface area contributed by atoms with E-state index in [1.54, 1.807) is 4.72 Å². The van der Waals surface area contributed by atoms with Gasteiger partial charge in [0.15, 0.2) is 0 Å². The number of sulfonamides is 1. The van der Waals surface area contributed by atoms with Crippen LogP contribution in [0.4, 0.5) is 17.6 Å². The maximum atomic E-state index is 12.7.